The number of Topliss-reactive ketones (excluding diaryl/α,β-unsaturated/α-hetero) is 1. The maximum absolute atomic E-state index is 13.0. The number of nitrogens with zero attached hydrogens (tertiary/aromatic N) is 2. The Labute approximate surface area is 182 Å². The zero-order valence-corrected chi connectivity index (χ0v) is 18.0. The van der Waals surface area contributed by atoms with E-state index in [2.05, 4.69) is 0 Å². The number of phenolic OH excluding ortho intramolecular Hbond substituents is 1. The van der Waals surface area contributed by atoms with Gasteiger partial charge in [-0.1, -0.05) is 12.1 Å². The van der Waals surface area contributed by atoms with Crippen molar-refractivity contribution in [3.63, 3.8) is 0 Å². The van der Waals surface area contributed by atoms with Crippen LogP contribution in [0.15, 0.2) is 54.1 Å². The summed E-state index contributed by atoms with van der Waals surface area (Å²) in [4.78, 5) is 29.3. The van der Waals surface area contributed by atoms with Crippen molar-refractivity contribution in [3.05, 3.63) is 65.2 Å². The second-order valence-corrected chi connectivity index (χ2v) is 7.70. The van der Waals surface area contributed by atoms with Crippen LogP contribution in [0.4, 0.5) is 0 Å². The summed E-state index contributed by atoms with van der Waals surface area (Å²) in [6, 6.07) is 12.4. The summed E-state index contributed by atoms with van der Waals surface area (Å²) < 4.78 is 5.43. The van der Waals surface area contributed by atoms with Gasteiger partial charge in [0.2, 0.25) is 0 Å². The molecule has 1 aliphatic rings. The molecule has 7 nitrogen and oxygen atoms in total. The Kier molecular flexibility index (Phi) is 6.97. The van der Waals surface area contributed by atoms with Crippen LogP contribution in [0.3, 0.4) is 0 Å². The molecule has 0 bridgehead atoms. The third kappa shape index (κ3) is 4.88. The molecule has 2 aromatic rings. The molecule has 2 aromatic carbocycles. The SMILES string of the molecule is CCOc1ccc(/C(O)=C2/C(=O)C(=O)N(CCCN(C)C)C2c2ccc(O)cc2)cc1. The van der Waals surface area contributed by atoms with Crippen LogP contribution in [-0.4, -0.2) is 65.5 Å². The van der Waals surface area contributed by atoms with Gasteiger partial charge in [-0.2, -0.15) is 0 Å². The van der Waals surface area contributed by atoms with Gasteiger partial charge in [0, 0.05) is 12.1 Å². The van der Waals surface area contributed by atoms with Crippen LogP contribution in [0.1, 0.15) is 30.5 Å². The summed E-state index contributed by atoms with van der Waals surface area (Å²) in [7, 11) is 3.88. The number of hydrogen-bond acceptors (Lipinski definition) is 6. The molecule has 1 aliphatic heterocycles. The highest BCUT2D eigenvalue weighted by Crippen LogP contribution is 2.40. The van der Waals surface area contributed by atoms with Crippen molar-refractivity contribution in [2.24, 2.45) is 0 Å². The summed E-state index contributed by atoms with van der Waals surface area (Å²) >= 11 is 0. The fourth-order valence-electron chi connectivity index (χ4n) is 3.70. The first kappa shape index (κ1) is 22.4. The number of benzene rings is 2. The molecule has 1 unspecified atom stereocenters. The quantitative estimate of drug-likeness (QED) is 0.384. The summed E-state index contributed by atoms with van der Waals surface area (Å²) in [5.74, 6) is -0.841. The molecule has 0 aliphatic carbocycles. The van der Waals surface area contributed by atoms with Gasteiger partial charge in [-0.25, -0.2) is 0 Å². The zero-order valence-electron chi connectivity index (χ0n) is 18.0. The number of ether oxygens (including phenoxy) is 1. The smallest absolute Gasteiger partial charge is 0.295 e. The van der Waals surface area contributed by atoms with Gasteiger partial charge in [-0.3, -0.25) is 9.59 Å². The largest absolute Gasteiger partial charge is 0.508 e. The van der Waals surface area contributed by atoms with E-state index < -0.39 is 17.7 Å². The van der Waals surface area contributed by atoms with Crippen LogP contribution in [0.5, 0.6) is 11.5 Å². The van der Waals surface area contributed by atoms with Crippen LogP contribution >= 0.6 is 0 Å². The number of likely N-dealkylation sites (tertiary alicyclic amines) is 1. The van der Waals surface area contributed by atoms with Crippen LogP contribution < -0.4 is 4.74 Å². The third-order valence-electron chi connectivity index (χ3n) is 5.19. The van der Waals surface area contributed by atoms with E-state index >= 15 is 0 Å². The lowest BCUT2D eigenvalue weighted by Gasteiger charge is -2.26. The highest BCUT2D eigenvalue weighted by atomic mass is 16.5. The van der Waals surface area contributed by atoms with Crippen molar-refractivity contribution in [2.75, 3.05) is 33.8 Å². The normalized spacial score (nSPS) is 18.1. The standard InChI is InChI=1S/C24H28N2O5/c1-4-31-19-12-8-17(9-13-19)22(28)20-21(16-6-10-18(27)11-7-16)26(24(30)23(20)29)15-5-14-25(2)3/h6-13,21,27-28H,4-5,14-15H2,1-3H3/b22-20-. The highest BCUT2D eigenvalue weighted by molar-refractivity contribution is 6.46. The van der Waals surface area contributed by atoms with Crippen molar-refractivity contribution < 1.29 is 24.5 Å². The minimum atomic E-state index is -0.727. The Morgan fingerprint density at radius 2 is 1.71 bits per heavy atom. The molecule has 1 fully saturated rings. The molecule has 0 saturated carbocycles. The molecule has 1 atom stereocenters. The van der Waals surface area contributed by atoms with E-state index in [9.17, 15) is 19.8 Å². The predicted octanol–water partition coefficient (Wildman–Crippen LogP) is 3.16. The van der Waals surface area contributed by atoms with Crippen molar-refractivity contribution in [2.45, 2.75) is 19.4 Å². The first-order valence-corrected chi connectivity index (χ1v) is 10.3. The first-order valence-electron chi connectivity index (χ1n) is 10.3. The molecule has 0 radical (unpaired) electrons. The van der Waals surface area contributed by atoms with Crippen molar-refractivity contribution in [1.29, 1.82) is 0 Å². The average molecular weight is 424 g/mol. The number of hydrogen-bond donors (Lipinski definition) is 2. The first-order chi connectivity index (χ1) is 14.8. The summed E-state index contributed by atoms with van der Waals surface area (Å²) in [6.45, 7) is 3.52. The van der Waals surface area contributed by atoms with Crippen LogP contribution in [0, 0.1) is 0 Å². The van der Waals surface area contributed by atoms with Gasteiger partial charge in [-0.05, 0) is 75.9 Å². The molecule has 1 heterocycles. The van der Waals surface area contributed by atoms with Gasteiger partial charge in [0.1, 0.15) is 17.3 Å². The molecule has 7 heteroatoms. The van der Waals surface area contributed by atoms with Crippen LogP contribution in [-0.2, 0) is 9.59 Å². The fourth-order valence-corrected chi connectivity index (χ4v) is 3.70. The minimum Gasteiger partial charge on any atom is -0.508 e. The van der Waals surface area contributed by atoms with Crippen molar-refractivity contribution in [3.8, 4) is 11.5 Å². The third-order valence-corrected chi connectivity index (χ3v) is 5.19. The molecular formula is C24H28N2O5. The maximum atomic E-state index is 13.0. The summed E-state index contributed by atoms with van der Waals surface area (Å²) in [5, 5.41) is 20.7. The molecule has 164 valence electrons. The number of amides is 1. The zero-order chi connectivity index (χ0) is 22.5. The number of aliphatic hydroxyl groups is 1. The Balaban J connectivity index is 2.04. The number of rotatable bonds is 8. The van der Waals surface area contributed by atoms with E-state index in [1.54, 1.807) is 36.4 Å². The number of carbonyl (C=O) groups excluding carboxylic acids is 2. The second kappa shape index (κ2) is 9.66. The predicted molar refractivity (Wildman–Crippen MR) is 118 cm³/mol. The Morgan fingerprint density at radius 1 is 1.06 bits per heavy atom. The minimum absolute atomic E-state index is 0.0460. The average Bonchev–Trinajstić information content (AvgIpc) is 2.99. The van der Waals surface area contributed by atoms with Crippen molar-refractivity contribution >= 4 is 17.4 Å². The lowest BCUT2D eigenvalue weighted by atomic mass is 9.95. The van der Waals surface area contributed by atoms with Gasteiger partial charge >= 0.3 is 0 Å². The topological polar surface area (TPSA) is 90.3 Å². The van der Waals surface area contributed by atoms with Gasteiger partial charge in [-0.15, -0.1) is 0 Å². The Bertz CT molecular complexity index is 964. The second-order valence-electron chi connectivity index (χ2n) is 7.70. The van der Waals surface area contributed by atoms with E-state index in [0.29, 0.717) is 36.4 Å². The van der Waals surface area contributed by atoms with Crippen LogP contribution in [0.25, 0.3) is 5.76 Å². The van der Waals surface area contributed by atoms with Gasteiger partial charge in [0.15, 0.2) is 0 Å². The van der Waals surface area contributed by atoms with E-state index in [4.69, 9.17) is 4.74 Å². The Morgan fingerprint density at radius 3 is 2.29 bits per heavy atom. The fraction of sp³-hybridized carbons (Fsp3) is 0.333. The number of phenols is 1. The van der Waals surface area contributed by atoms with E-state index in [-0.39, 0.29) is 17.1 Å². The van der Waals surface area contributed by atoms with Gasteiger partial charge < -0.3 is 24.7 Å². The van der Waals surface area contributed by atoms with Gasteiger partial charge in [0.25, 0.3) is 11.7 Å². The molecule has 31 heavy (non-hydrogen) atoms. The van der Waals surface area contributed by atoms with E-state index in [1.165, 1.54) is 17.0 Å². The number of aliphatic hydroxyl groups excluding tert-OH is 1. The lowest BCUT2D eigenvalue weighted by molar-refractivity contribution is -0.139. The van der Waals surface area contributed by atoms with Crippen molar-refractivity contribution in [1.82, 2.24) is 9.80 Å². The molecule has 0 spiro atoms. The molecule has 2 N–H and O–H groups in total. The monoisotopic (exact) mass is 424 g/mol. The summed E-state index contributed by atoms with van der Waals surface area (Å²) in [5.41, 5.74) is 1.12. The number of aromatic hydroxyl groups is 1. The molecular weight excluding hydrogens is 396 g/mol. The van der Waals surface area contributed by atoms with E-state index in [1.807, 2.05) is 25.9 Å². The van der Waals surface area contributed by atoms with Crippen LogP contribution in [0.2, 0.25) is 0 Å². The number of ketones is 1. The molecule has 0 aromatic heterocycles. The van der Waals surface area contributed by atoms with Gasteiger partial charge in [0.05, 0.1) is 18.2 Å². The Hall–Kier alpha value is -3.32. The summed E-state index contributed by atoms with van der Waals surface area (Å²) in [6.07, 6.45) is 0.678. The number of carbonyl (C=O) groups is 2. The highest BCUT2D eigenvalue weighted by Gasteiger charge is 2.45. The lowest BCUT2D eigenvalue weighted by Crippen LogP contribution is -2.32. The molecule has 3 rings (SSSR count). The van der Waals surface area contributed by atoms with E-state index in [0.717, 1.165) is 6.54 Å². The molecule has 1 saturated heterocycles. The maximum Gasteiger partial charge on any atom is 0.295 e. The molecule has 1 amide bonds.